The Hall–Kier alpha value is -1.38. The summed E-state index contributed by atoms with van der Waals surface area (Å²) >= 11 is 0. The Morgan fingerprint density at radius 2 is 2.13 bits per heavy atom. The lowest BCUT2D eigenvalue weighted by atomic mass is 10.2. The number of benzene rings is 1. The first-order chi connectivity index (χ1) is 10.5. The van der Waals surface area contributed by atoms with E-state index < -0.39 is 15.8 Å². The van der Waals surface area contributed by atoms with Gasteiger partial charge < -0.3 is 10.6 Å². The van der Waals surface area contributed by atoms with E-state index in [1.807, 2.05) is 0 Å². The van der Waals surface area contributed by atoms with Gasteiger partial charge in [-0.1, -0.05) is 0 Å². The maximum Gasteiger partial charge on any atom is 0.241 e. The van der Waals surface area contributed by atoms with Crippen LogP contribution in [0, 0.1) is 5.82 Å². The Labute approximate surface area is 140 Å². The highest BCUT2D eigenvalue weighted by atomic mass is 35.5. The van der Waals surface area contributed by atoms with Gasteiger partial charge >= 0.3 is 0 Å². The number of hydrogen-bond donors (Lipinski definition) is 2. The fourth-order valence-electron chi connectivity index (χ4n) is 2.83. The molecule has 2 heterocycles. The van der Waals surface area contributed by atoms with Crippen LogP contribution >= 0.6 is 12.4 Å². The highest BCUT2D eigenvalue weighted by Gasteiger charge is 2.30. The second-order valence-electron chi connectivity index (χ2n) is 5.55. The maximum atomic E-state index is 14.0. The Morgan fingerprint density at radius 3 is 2.74 bits per heavy atom. The van der Waals surface area contributed by atoms with Crippen LogP contribution in [0.5, 0.6) is 0 Å². The van der Waals surface area contributed by atoms with Crippen LogP contribution in [0.3, 0.4) is 0 Å². The molecule has 0 bridgehead atoms. The fraction of sp³-hybridized carbons (Fsp3) is 0.500. The minimum atomic E-state index is -3.46. The predicted molar refractivity (Wildman–Crippen MR) is 89.1 cm³/mol. The van der Waals surface area contributed by atoms with E-state index in [1.54, 1.807) is 0 Å². The molecule has 0 aliphatic carbocycles. The monoisotopic (exact) mass is 363 g/mol. The summed E-state index contributed by atoms with van der Waals surface area (Å²) in [6, 6.07) is 3.75. The van der Waals surface area contributed by atoms with Gasteiger partial charge in [-0.15, -0.1) is 12.4 Å². The van der Waals surface area contributed by atoms with Gasteiger partial charge in [0.25, 0.3) is 0 Å². The molecule has 2 aliphatic rings. The summed E-state index contributed by atoms with van der Waals surface area (Å²) < 4.78 is 38.9. The summed E-state index contributed by atoms with van der Waals surface area (Å²) in [5.41, 5.74) is 0.395. The number of hydrogen-bond acceptors (Lipinski definition) is 4. The number of nitrogens with zero attached hydrogens (tertiary/aromatic N) is 1. The molecule has 3 rings (SSSR count). The van der Waals surface area contributed by atoms with Gasteiger partial charge in [-0.2, -0.15) is 0 Å². The van der Waals surface area contributed by atoms with Crippen LogP contribution in [0.2, 0.25) is 0 Å². The first-order valence-corrected chi connectivity index (χ1v) is 8.92. The smallest absolute Gasteiger partial charge is 0.241 e. The molecule has 0 spiro atoms. The lowest BCUT2D eigenvalue weighted by Crippen LogP contribution is -2.35. The summed E-state index contributed by atoms with van der Waals surface area (Å²) in [5, 5.41) is 5.79. The van der Waals surface area contributed by atoms with Crippen LogP contribution in [0.15, 0.2) is 18.2 Å². The van der Waals surface area contributed by atoms with Crippen LogP contribution in [0.25, 0.3) is 0 Å². The lowest BCUT2D eigenvalue weighted by molar-refractivity contribution is -0.117. The van der Waals surface area contributed by atoms with E-state index >= 15 is 0 Å². The average molecular weight is 364 g/mol. The molecular formula is C14H19ClFN3O3S. The molecule has 23 heavy (non-hydrogen) atoms. The summed E-state index contributed by atoms with van der Waals surface area (Å²) in [5.74, 6) is -0.767. The number of sulfonamides is 1. The van der Waals surface area contributed by atoms with E-state index in [0.717, 1.165) is 23.7 Å². The SMILES string of the molecule is Cl.O=C(Nc1ccc(F)c(N2CCCS2(=O)=O)c1)C1CCCN1. The van der Waals surface area contributed by atoms with Crippen molar-refractivity contribution in [2.75, 3.05) is 28.5 Å². The number of anilines is 2. The molecule has 1 atom stereocenters. The fourth-order valence-corrected chi connectivity index (χ4v) is 4.39. The topological polar surface area (TPSA) is 78.5 Å². The Balaban J connectivity index is 0.00000192. The third-order valence-corrected chi connectivity index (χ3v) is 5.81. The van der Waals surface area contributed by atoms with Gasteiger partial charge in [-0.05, 0) is 44.0 Å². The zero-order valence-electron chi connectivity index (χ0n) is 12.4. The molecule has 2 aliphatic heterocycles. The second-order valence-corrected chi connectivity index (χ2v) is 7.56. The molecule has 1 amide bonds. The Morgan fingerprint density at radius 1 is 1.35 bits per heavy atom. The molecule has 2 saturated heterocycles. The van der Waals surface area contributed by atoms with Crippen LogP contribution < -0.4 is 14.9 Å². The molecule has 0 saturated carbocycles. The molecule has 1 aromatic rings. The van der Waals surface area contributed by atoms with Crippen molar-refractivity contribution in [3.05, 3.63) is 24.0 Å². The number of halogens is 2. The molecule has 2 fully saturated rings. The van der Waals surface area contributed by atoms with E-state index in [4.69, 9.17) is 0 Å². The van der Waals surface area contributed by atoms with Gasteiger partial charge in [0.05, 0.1) is 17.5 Å². The molecule has 1 aromatic carbocycles. The minimum Gasteiger partial charge on any atom is -0.325 e. The molecule has 0 radical (unpaired) electrons. The van der Waals surface area contributed by atoms with Crippen molar-refractivity contribution < 1.29 is 17.6 Å². The second kappa shape index (κ2) is 7.02. The van der Waals surface area contributed by atoms with E-state index in [-0.39, 0.29) is 42.3 Å². The van der Waals surface area contributed by atoms with Gasteiger partial charge in [0.15, 0.2) is 0 Å². The van der Waals surface area contributed by atoms with Crippen molar-refractivity contribution >= 4 is 39.7 Å². The van der Waals surface area contributed by atoms with Crippen LogP contribution in [0.4, 0.5) is 15.8 Å². The first kappa shape index (κ1) is 18.0. The zero-order chi connectivity index (χ0) is 15.7. The molecule has 9 heteroatoms. The van der Waals surface area contributed by atoms with E-state index in [1.165, 1.54) is 18.2 Å². The maximum absolute atomic E-state index is 14.0. The average Bonchev–Trinajstić information content (AvgIpc) is 3.10. The van der Waals surface area contributed by atoms with Crippen molar-refractivity contribution in [1.29, 1.82) is 0 Å². The highest BCUT2D eigenvalue weighted by molar-refractivity contribution is 7.93. The Kier molecular flexibility index (Phi) is 5.49. The third kappa shape index (κ3) is 3.76. The van der Waals surface area contributed by atoms with E-state index in [9.17, 15) is 17.6 Å². The predicted octanol–water partition coefficient (Wildman–Crippen LogP) is 1.48. The van der Waals surface area contributed by atoms with Crippen LogP contribution in [-0.4, -0.2) is 39.2 Å². The van der Waals surface area contributed by atoms with Gasteiger partial charge in [0.2, 0.25) is 15.9 Å². The number of rotatable bonds is 3. The summed E-state index contributed by atoms with van der Waals surface area (Å²) in [6.07, 6.45) is 2.18. The largest absolute Gasteiger partial charge is 0.325 e. The molecule has 0 aromatic heterocycles. The molecule has 6 nitrogen and oxygen atoms in total. The Bertz CT molecular complexity index is 693. The van der Waals surface area contributed by atoms with Crippen LogP contribution in [0.1, 0.15) is 19.3 Å². The summed E-state index contributed by atoms with van der Waals surface area (Å²) in [6.45, 7) is 1.07. The molecular weight excluding hydrogens is 345 g/mol. The first-order valence-electron chi connectivity index (χ1n) is 7.31. The molecule has 2 N–H and O–H groups in total. The number of amides is 1. The quantitative estimate of drug-likeness (QED) is 0.852. The zero-order valence-corrected chi connectivity index (χ0v) is 14.1. The third-order valence-electron chi connectivity index (χ3n) is 3.96. The van der Waals surface area contributed by atoms with Crippen molar-refractivity contribution in [3.63, 3.8) is 0 Å². The van der Waals surface area contributed by atoms with Crippen molar-refractivity contribution in [1.82, 2.24) is 5.32 Å². The molecule has 128 valence electrons. The molecule has 1 unspecified atom stereocenters. The number of carbonyl (C=O) groups excluding carboxylic acids is 1. The lowest BCUT2D eigenvalue weighted by Gasteiger charge is -2.19. The standard InChI is InChI=1S/C14H18FN3O3S.ClH/c15-11-5-4-10(17-14(19)12-3-1-6-16-12)9-13(11)18-7-2-8-22(18,20)21;/h4-5,9,12,16H,1-3,6-8H2,(H,17,19);1H. The normalized spacial score (nSPS) is 22.7. The number of carbonyl (C=O) groups is 1. The van der Waals surface area contributed by atoms with Crippen LogP contribution in [-0.2, 0) is 14.8 Å². The van der Waals surface area contributed by atoms with E-state index in [0.29, 0.717) is 12.1 Å². The summed E-state index contributed by atoms with van der Waals surface area (Å²) in [7, 11) is -3.46. The van der Waals surface area contributed by atoms with Crippen molar-refractivity contribution in [2.24, 2.45) is 0 Å². The van der Waals surface area contributed by atoms with E-state index in [2.05, 4.69) is 10.6 Å². The van der Waals surface area contributed by atoms with Gasteiger partial charge in [0, 0.05) is 12.2 Å². The van der Waals surface area contributed by atoms with Crippen molar-refractivity contribution in [2.45, 2.75) is 25.3 Å². The van der Waals surface area contributed by atoms with Gasteiger partial charge in [0.1, 0.15) is 5.82 Å². The minimum absolute atomic E-state index is 0. The van der Waals surface area contributed by atoms with Gasteiger partial charge in [-0.3, -0.25) is 9.10 Å². The highest BCUT2D eigenvalue weighted by Crippen LogP contribution is 2.29. The summed E-state index contributed by atoms with van der Waals surface area (Å²) in [4.78, 5) is 12.1. The number of nitrogens with one attached hydrogen (secondary N) is 2. The van der Waals surface area contributed by atoms with Gasteiger partial charge in [-0.25, -0.2) is 12.8 Å². The van der Waals surface area contributed by atoms with Crippen molar-refractivity contribution in [3.8, 4) is 0 Å².